The van der Waals surface area contributed by atoms with Crippen LogP contribution in [0.2, 0.25) is 0 Å². The Kier molecular flexibility index (Phi) is 3.01. The zero-order valence-electron chi connectivity index (χ0n) is 11.1. The van der Waals surface area contributed by atoms with E-state index in [1.165, 1.54) is 6.42 Å². The lowest BCUT2D eigenvalue weighted by Crippen LogP contribution is -2.37. The summed E-state index contributed by atoms with van der Waals surface area (Å²) >= 11 is 0. The zero-order chi connectivity index (χ0) is 12.9. The van der Waals surface area contributed by atoms with Crippen LogP contribution in [0.4, 0.5) is 0 Å². The Morgan fingerprint density at radius 1 is 1.00 bits per heavy atom. The third-order valence-corrected chi connectivity index (χ3v) is 4.48. The number of aliphatic hydroxyl groups is 2. The van der Waals surface area contributed by atoms with Gasteiger partial charge in [0, 0.05) is 12.8 Å². The van der Waals surface area contributed by atoms with Crippen LogP contribution in [0.25, 0.3) is 0 Å². The highest BCUT2D eigenvalue weighted by atomic mass is 16.8. The summed E-state index contributed by atoms with van der Waals surface area (Å²) in [7, 11) is 0. The summed E-state index contributed by atoms with van der Waals surface area (Å²) in [6, 6.07) is 0. The van der Waals surface area contributed by atoms with E-state index in [1.807, 2.05) is 13.8 Å². The van der Waals surface area contributed by atoms with Crippen LogP contribution >= 0.6 is 0 Å². The third kappa shape index (κ3) is 1.74. The molecule has 1 aliphatic heterocycles. The highest BCUT2D eigenvalue weighted by molar-refractivity contribution is 5.30. The Morgan fingerprint density at radius 3 is 1.94 bits per heavy atom. The Labute approximate surface area is 108 Å². The molecular weight excluding hydrogens is 232 g/mol. The van der Waals surface area contributed by atoms with Gasteiger partial charge in [0.15, 0.2) is 5.79 Å². The Morgan fingerprint density at radius 2 is 1.50 bits per heavy atom. The number of allylic oxidation sites excluding steroid dienone is 1. The van der Waals surface area contributed by atoms with Gasteiger partial charge in [0.1, 0.15) is 24.4 Å². The highest BCUT2D eigenvalue weighted by Crippen LogP contribution is 2.47. The van der Waals surface area contributed by atoms with Crippen LogP contribution in [0.3, 0.4) is 0 Å². The van der Waals surface area contributed by atoms with Gasteiger partial charge in [-0.1, -0.05) is 12.0 Å². The minimum Gasteiger partial charge on any atom is -0.386 e. The van der Waals surface area contributed by atoms with Crippen molar-refractivity contribution in [2.45, 2.75) is 76.2 Å². The number of rotatable bonds is 0. The van der Waals surface area contributed by atoms with Crippen LogP contribution in [-0.4, -0.2) is 40.4 Å². The number of ether oxygens (including phenoxy) is 2. The first-order valence-corrected chi connectivity index (χ1v) is 6.93. The molecule has 1 saturated heterocycles. The summed E-state index contributed by atoms with van der Waals surface area (Å²) in [5.74, 6) is -0.539. The van der Waals surface area contributed by atoms with E-state index in [0.717, 1.165) is 31.3 Å². The predicted molar refractivity (Wildman–Crippen MR) is 65.9 cm³/mol. The van der Waals surface area contributed by atoms with E-state index in [4.69, 9.17) is 9.47 Å². The molecule has 102 valence electrons. The van der Waals surface area contributed by atoms with E-state index in [2.05, 4.69) is 0 Å². The topological polar surface area (TPSA) is 58.9 Å². The molecule has 3 fully saturated rings. The van der Waals surface area contributed by atoms with Crippen molar-refractivity contribution in [3.05, 3.63) is 11.1 Å². The standard InChI is InChI=1S/C14H22O4/c1-8(2)9-10(15)12-13(11(9)16)18-14(17-12)6-4-3-5-7-14/h10-13,15-16H,3-7H2,1-2H3/t10-,11+,12+,13-. The van der Waals surface area contributed by atoms with E-state index < -0.39 is 30.2 Å². The van der Waals surface area contributed by atoms with Crippen molar-refractivity contribution in [2.24, 2.45) is 0 Å². The number of hydrogen-bond acceptors (Lipinski definition) is 4. The maximum absolute atomic E-state index is 10.3. The van der Waals surface area contributed by atoms with Gasteiger partial charge in [-0.3, -0.25) is 0 Å². The van der Waals surface area contributed by atoms with Crippen molar-refractivity contribution >= 4 is 0 Å². The minimum atomic E-state index is -0.726. The summed E-state index contributed by atoms with van der Waals surface area (Å²) in [5.41, 5.74) is 1.63. The molecule has 2 aliphatic carbocycles. The first-order chi connectivity index (χ1) is 8.54. The summed E-state index contributed by atoms with van der Waals surface area (Å²) in [6.07, 6.45) is 2.92. The molecule has 4 atom stereocenters. The van der Waals surface area contributed by atoms with Gasteiger partial charge >= 0.3 is 0 Å². The molecule has 0 bridgehead atoms. The normalized spacial score (nSPS) is 42.3. The van der Waals surface area contributed by atoms with Crippen molar-refractivity contribution < 1.29 is 19.7 Å². The lowest BCUT2D eigenvalue weighted by Gasteiger charge is -2.33. The SMILES string of the molecule is CC(C)=C1[C@@H](O)[C@@H]2OC3(CCCCC3)O[C@@H]2[C@H]1O. The third-order valence-electron chi connectivity index (χ3n) is 4.48. The molecular formula is C14H22O4. The van der Waals surface area contributed by atoms with Crippen LogP contribution in [0.15, 0.2) is 11.1 Å². The average Bonchev–Trinajstić information content (AvgIpc) is 2.78. The molecule has 1 heterocycles. The van der Waals surface area contributed by atoms with Crippen LogP contribution in [-0.2, 0) is 9.47 Å². The summed E-state index contributed by atoms with van der Waals surface area (Å²) in [5, 5.41) is 20.6. The van der Waals surface area contributed by atoms with Crippen LogP contribution in [0.1, 0.15) is 46.0 Å². The van der Waals surface area contributed by atoms with E-state index in [-0.39, 0.29) is 0 Å². The maximum Gasteiger partial charge on any atom is 0.169 e. The molecule has 0 aromatic heterocycles. The Balaban J connectivity index is 1.84. The average molecular weight is 254 g/mol. The molecule has 0 radical (unpaired) electrons. The molecule has 4 heteroatoms. The lowest BCUT2D eigenvalue weighted by atomic mass is 9.94. The molecule has 4 nitrogen and oxygen atoms in total. The van der Waals surface area contributed by atoms with Gasteiger partial charge in [-0.15, -0.1) is 0 Å². The van der Waals surface area contributed by atoms with Crippen LogP contribution in [0.5, 0.6) is 0 Å². The fourth-order valence-electron chi connectivity index (χ4n) is 3.59. The van der Waals surface area contributed by atoms with E-state index in [1.54, 1.807) is 0 Å². The first-order valence-electron chi connectivity index (χ1n) is 6.93. The minimum absolute atomic E-state index is 0.400. The largest absolute Gasteiger partial charge is 0.386 e. The second-order valence-electron chi connectivity index (χ2n) is 5.98. The smallest absolute Gasteiger partial charge is 0.169 e. The summed E-state index contributed by atoms with van der Waals surface area (Å²) in [6.45, 7) is 3.80. The molecule has 3 rings (SSSR count). The maximum atomic E-state index is 10.3. The van der Waals surface area contributed by atoms with Gasteiger partial charge in [-0.2, -0.15) is 0 Å². The Hall–Kier alpha value is -0.420. The van der Waals surface area contributed by atoms with Crippen molar-refractivity contribution in [2.75, 3.05) is 0 Å². The molecule has 0 unspecified atom stereocenters. The predicted octanol–water partition coefficient (Wildman–Crippen LogP) is 1.50. The van der Waals surface area contributed by atoms with Gasteiger partial charge in [-0.25, -0.2) is 0 Å². The molecule has 0 aromatic rings. The molecule has 0 amide bonds. The highest BCUT2D eigenvalue weighted by Gasteiger charge is 2.58. The van der Waals surface area contributed by atoms with Gasteiger partial charge < -0.3 is 19.7 Å². The van der Waals surface area contributed by atoms with Gasteiger partial charge in [-0.05, 0) is 32.3 Å². The Bertz CT molecular complexity index is 344. The van der Waals surface area contributed by atoms with Crippen molar-refractivity contribution in [1.82, 2.24) is 0 Å². The van der Waals surface area contributed by atoms with Gasteiger partial charge in [0.25, 0.3) is 0 Å². The number of hydrogen-bond donors (Lipinski definition) is 2. The lowest BCUT2D eigenvalue weighted by molar-refractivity contribution is -0.207. The van der Waals surface area contributed by atoms with E-state index in [0.29, 0.717) is 5.57 Å². The fourth-order valence-corrected chi connectivity index (χ4v) is 3.59. The van der Waals surface area contributed by atoms with E-state index >= 15 is 0 Å². The van der Waals surface area contributed by atoms with Crippen LogP contribution < -0.4 is 0 Å². The molecule has 2 N–H and O–H groups in total. The summed E-state index contributed by atoms with van der Waals surface area (Å²) < 4.78 is 12.0. The monoisotopic (exact) mass is 254 g/mol. The fraction of sp³-hybridized carbons (Fsp3) is 0.857. The molecule has 2 saturated carbocycles. The molecule has 0 aromatic carbocycles. The molecule has 1 spiro atoms. The second-order valence-corrected chi connectivity index (χ2v) is 5.98. The van der Waals surface area contributed by atoms with E-state index in [9.17, 15) is 10.2 Å². The van der Waals surface area contributed by atoms with Crippen molar-refractivity contribution in [3.63, 3.8) is 0 Å². The molecule has 3 aliphatic rings. The van der Waals surface area contributed by atoms with Crippen LogP contribution in [0, 0.1) is 0 Å². The molecule has 18 heavy (non-hydrogen) atoms. The summed E-state index contributed by atoms with van der Waals surface area (Å²) in [4.78, 5) is 0. The number of fused-ring (bicyclic) bond motifs is 1. The second kappa shape index (κ2) is 4.30. The number of aliphatic hydroxyl groups excluding tert-OH is 2. The van der Waals surface area contributed by atoms with Crippen molar-refractivity contribution in [1.29, 1.82) is 0 Å². The quantitative estimate of drug-likeness (QED) is 0.643. The van der Waals surface area contributed by atoms with Crippen molar-refractivity contribution in [3.8, 4) is 0 Å². The van der Waals surface area contributed by atoms with Gasteiger partial charge in [0.2, 0.25) is 0 Å². The first kappa shape index (κ1) is 12.6. The van der Waals surface area contributed by atoms with Gasteiger partial charge in [0.05, 0.1) is 0 Å². The zero-order valence-corrected chi connectivity index (χ0v) is 11.1.